The molecule has 0 radical (unpaired) electrons. The van der Waals surface area contributed by atoms with Crippen LogP contribution in [0.1, 0.15) is 42.1 Å². The smallest absolute Gasteiger partial charge is 0.328 e. The van der Waals surface area contributed by atoms with E-state index in [9.17, 15) is 14.7 Å². The van der Waals surface area contributed by atoms with Gasteiger partial charge in [0.25, 0.3) is 5.91 Å². The second-order valence-corrected chi connectivity index (χ2v) is 5.21. The normalized spacial score (nSPS) is 18.4. The molecule has 0 aromatic heterocycles. The fourth-order valence-electron chi connectivity index (χ4n) is 2.67. The van der Waals surface area contributed by atoms with Gasteiger partial charge < -0.3 is 14.7 Å². The van der Waals surface area contributed by atoms with Crippen LogP contribution in [0.25, 0.3) is 0 Å². The molecule has 5 nitrogen and oxygen atoms in total. The summed E-state index contributed by atoms with van der Waals surface area (Å²) in [4.78, 5) is 26.3. The first-order valence-corrected chi connectivity index (χ1v) is 7.32. The number of phenols is 1. The quantitative estimate of drug-likeness (QED) is 0.867. The predicted molar refractivity (Wildman–Crippen MR) is 78.2 cm³/mol. The van der Waals surface area contributed by atoms with Crippen molar-refractivity contribution in [3.8, 4) is 5.75 Å². The molecule has 1 atom stereocenters. The molecule has 0 spiro atoms. The zero-order chi connectivity index (χ0) is 15.4. The second kappa shape index (κ2) is 6.61. The van der Waals surface area contributed by atoms with Gasteiger partial charge in [-0.25, -0.2) is 4.79 Å². The minimum Gasteiger partial charge on any atom is -0.508 e. The van der Waals surface area contributed by atoms with Crippen LogP contribution in [0.2, 0.25) is 0 Å². The van der Waals surface area contributed by atoms with Crippen LogP contribution in [-0.2, 0) is 9.53 Å². The lowest BCUT2D eigenvalue weighted by molar-refractivity contribution is -0.149. The van der Waals surface area contributed by atoms with Gasteiger partial charge in [-0.15, -0.1) is 0 Å². The third-order valence-corrected chi connectivity index (χ3v) is 3.86. The molecule has 0 saturated carbocycles. The van der Waals surface area contributed by atoms with Gasteiger partial charge in [-0.1, -0.05) is 6.07 Å². The van der Waals surface area contributed by atoms with Gasteiger partial charge in [0.05, 0.1) is 6.61 Å². The number of benzene rings is 1. The van der Waals surface area contributed by atoms with Crippen LogP contribution in [0.5, 0.6) is 5.75 Å². The van der Waals surface area contributed by atoms with Crippen LogP contribution in [0.3, 0.4) is 0 Å². The van der Waals surface area contributed by atoms with E-state index in [0.717, 1.165) is 12.8 Å². The molecule has 1 saturated heterocycles. The average molecular weight is 291 g/mol. The van der Waals surface area contributed by atoms with Crippen LogP contribution in [-0.4, -0.2) is 41.1 Å². The number of hydrogen-bond acceptors (Lipinski definition) is 4. The highest BCUT2D eigenvalue weighted by molar-refractivity contribution is 5.98. The van der Waals surface area contributed by atoms with Crippen LogP contribution in [0.4, 0.5) is 0 Å². The van der Waals surface area contributed by atoms with E-state index in [-0.39, 0.29) is 17.6 Å². The average Bonchev–Trinajstić information content (AvgIpc) is 2.49. The molecule has 1 aliphatic rings. The Labute approximate surface area is 124 Å². The van der Waals surface area contributed by atoms with Crippen LogP contribution < -0.4 is 0 Å². The third kappa shape index (κ3) is 3.17. The van der Waals surface area contributed by atoms with E-state index in [1.165, 1.54) is 0 Å². The number of carbonyl (C=O) groups is 2. The molecule has 1 amide bonds. The van der Waals surface area contributed by atoms with E-state index >= 15 is 0 Å². The number of rotatable bonds is 3. The standard InChI is InChI=1S/C16H21NO4/c1-3-21-16(20)13-8-4-5-10-17(13)15(19)12-7-6-9-14(18)11(12)2/h6-7,9,13,18H,3-5,8,10H2,1-2H3. The Hall–Kier alpha value is -2.04. The van der Waals surface area contributed by atoms with Gasteiger partial charge in [-0.2, -0.15) is 0 Å². The van der Waals surface area contributed by atoms with Crippen molar-refractivity contribution >= 4 is 11.9 Å². The van der Waals surface area contributed by atoms with Crippen molar-refractivity contribution in [3.05, 3.63) is 29.3 Å². The Morgan fingerprint density at radius 3 is 2.86 bits per heavy atom. The number of aromatic hydroxyl groups is 1. The third-order valence-electron chi connectivity index (χ3n) is 3.86. The van der Waals surface area contributed by atoms with E-state index in [1.807, 2.05) is 0 Å². The SMILES string of the molecule is CCOC(=O)C1CCCCN1C(=O)c1cccc(O)c1C. The molecule has 1 aromatic rings. The van der Waals surface area contributed by atoms with Crippen molar-refractivity contribution in [2.75, 3.05) is 13.2 Å². The highest BCUT2D eigenvalue weighted by atomic mass is 16.5. The number of amides is 1. The monoisotopic (exact) mass is 291 g/mol. The van der Waals surface area contributed by atoms with Gasteiger partial charge in [-0.3, -0.25) is 4.79 Å². The Morgan fingerprint density at radius 2 is 2.14 bits per heavy atom. The van der Waals surface area contributed by atoms with Gasteiger partial charge >= 0.3 is 5.97 Å². The van der Waals surface area contributed by atoms with Crippen LogP contribution in [0, 0.1) is 6.92 Å². The highest BCUT2D eigenvalue weighted by Crippen LogP contribution is 2.25. The number of phenolic OH excluding ortho intramolecular Hbond substituents is 1. The molecule has 0 bridgehead atoms. The van der Waals surface area contributed by atoms with Crippen LogP contribution >= 0.6 is 0 Å². The predicted octanol–water partition coefficient (Wildman–Crippen LogP) is 2.26. The lowest BCUT2D eigenvalue weighted by Gasteiger charge is -2.34. The molecule has 1 aliphatic heterocycles. The van der Waals surface area contributed by atoms with Crippen molar-refractivity contribution in [3.63, 3.8) is 0 Å². The molecule has 1 N–H and O–H groups in total. The number of likely N-dealkylation sites (tertiary alicyclic amines) is 1. The number of carbonyl (C=O) groups excluding carboxylic acids is 2. The van der Waals surface area contributed by atoms with E-state index in [1.54, 1.807) is 36.9 Å². The molecule has 5 heteroatoms. The number of ether oxygens (including phenoxy) is 1. The maximum absolute atomic E-state index is 12.7. The van der Waals surface area contributed by atoms with E-state index in [0.29, 0.717) is 30.7 Å². The fraction of sp³-hybridized carbons (Fsp3) is 0.500. The largest absolute Gasteiger partial charge is 0.508 e. The van der Waals surface area contributed by atoms with Crippen molar-refractivity contribution in [1.82, 2.24) is 4.90 Å². The first-order valence-electron chi connectivity index (χ1n) is 7.32. The molecule has 21 heavy (non-hydrogen) atoms. The van der Waals surface area contributed by atoms with Gasteiger partial charge in [0.2, 0.25) is 0 Å². The molecule has 1 heterocycles. The summed E-state index contributed by atoms with van der Waals surface area (Å²) < 4.78 is 5.07. The van der Waals surface area contributed by atoms with E-state index in [2.05, 4.69) is 0 Å². The molecule has 2 rings (SSSR count). The summed E-state index contributed by atoms with van der Waals surface area (Å²) in [6.07, 6.45) is 2.41. The zero-order valence-corrected chi connectivity index (χ0v) is 12.5. The number of nitrogens with zero attached hydrogens (tertiary/aromatic N) is 1. The first kappa shape index (κ1) is 15.4. The van der Waals surface area contributed by atoms with Gasteiger partial charge in [0.1, 0.15) is 11.8 Å². The van der Waals surface area contributed by atoms with Gasteiger partial charge in [0.15, 0.2) is 0 Å². The van der Waals surface area contributed by atoms with E-state index in [4.69, 9.17) is 4.74 Å². The molecule has 0 aliphatic carbocycles. The van der Waals surface area contributed by atoms with E-state index < -0.39 is 6.04 Å². The summed E-state index contributed by atoms with van der Waals surface area (Å²) in [6, 6.07) is 4.34. The Morgan fingerprint density at radius 1 is 1.38 bits per heavy atom. The summed E-state index contributed by atoms with van der Waals surface area (Å²) in [6.45, 7) is 4.30. The molecular weight excluding hydrogens is 270 g/mol. The Balaban J connectivity index is 2.26. The number of esters is 1. The molecule has 1 unspecified atom stereocenters. The zero-order valence-electron chi connectivity index (χ0n) is 12.5. The number of piperidine rings is 1. The van der Waals surface area contributed by atoms with Gasteiger partial charge in [-0.05, 0) is 45.2 Å². The summed E-state index contributed by atoms with van der Waals surface area (Å²) in [5, 5.41) is 9.74. The Bertz CT molecular complexity index is 541. The lowest BCUT2D eigenvalue weighted by atomic mass is 9.99. The molecule has 114 valence electrons. The summed E-state index contributed by atoms with van der Waals surface area (Å²) in [5.41, 5.74) is 0.974. The Kier molecular flexibility index (Phi) is 4.83. The topological polar surface area (TPSA) is 66.8 Å². The molecular formula is C16H21NO4. The molecule has 1 aromatic carbocycles. The first-order chi connectivity index (χ1) is 10.1. The van der Waals surface area contributed by atoms with Crippen molar-refractivity contribution in [2.24, 2.45) is 0 Å². The van der Waals surface area contributed by atoms with Crippen molar-refractivity contribution < 1.29 is 19.4 Å². The second-order valence-electron chi connectivity index (χ2n) is 5.21. The van der Waals surface area contributed by atoms with Crippen molar-refractivity contribution in [2.45, 2.75) is 39.2 Å². The fourth-order valence-corrected chi connectivity index (χ4v) is 2.67. The molecule has 1 fully saturated rings. The number of hydrogen-bond donors (Lipinski definition) is 1. The highest BCUT2D eigenvalue weighted by Gasteiger charge is 2.34. The minimum atomic E-state index is -0.520. The maximum Gasteiger partial charge on any atom is 0.328 e. The van der Waals surface area contributed by atoms with Crippen LogP contribution in [0.15, 0.2) is 18.2 Å². The maximum atomic E-state index is 12.7. The minimum absolute atomic E-state index is 0.0885. The summed E-state index contributed by atoms with van der Waals surface area (Å²) in [7, 11) is 0. The van der Waals surface area contributed by atoms with Crippen molar-refractivity contribution in [1.29, 1.82) is 0 Å². The summed E-state index contributed by atoms with van der Waals surface area (Å²) in [5.74, 6) is -0.477. The summed E-state index contributed by atoms with van der Waals surface area (Å²) >= 11 is 0. The lowest BCUT2D eigenvalue weighted by Crippen LogP contribution is -2.48. The van der Waals surface area contributed by atoms with Gasteiger partial charge in [0, 0.05) is 17.7 Å².